The molecule has 1 aliphatic carbocycles. The van der Waals surface area contributed by atoms with Gasteiger partial charge in [-0.05, 0) is 36.1 Å². The maximum Gasteiger partial charge on any atom is 0.257 e. The molecule has 164 valence electrons. The quantitative estimate of drug-likeness (QED) is 0.604. The van der Waals surface area contributed by atoms with Crippen LogP contribution in [-0.4, -0.2) is 42.5 Å². The summed E-state index contributed by atoms with van der Waals surface area (Å²) >= 11 is 1.18. The van der Waals surface area contributed by atoms with Gasteiger partial charge in [-0.2, -0.15) is 4.31 Å². The lowest BCUT2D eigenvalue weighted by Gasteiger charge is -2.26. The van der Waals surface area contributed by atoms with Crippen molar-refractivity contribution in [1.29, 1.82) is 0 Å². The van der Waals surface area contributed by atoms with E-state index in [4.69, 9.17) is 0 Å². The first-order chi connectivity index (χ1) is 14.6. The van der Waals surface area contributed by atoms with E-state index in [2.05, 4.69) is 23.5 Å². The maximum atomic E-state index is 12.8. The van der Waals surface area contributed by atoms with E-state index in [0.29, 0.717) is 28.5 Å². The Kier molecular flexibility index (Phi) is 6.59. The summed E-state index contributed by atoms with van der Waals surface area (Å²) in [6.45, 7) is 11.5. The van der Waals surface area contributed by atoms with Crippen molar-refractivity contribution in [3.63, 3.8) is 0 Å². The van der Waals surface area contributed by atoms with Gasteiger partial charge in [0.1, 0.15) is 0 Å². The van der Waals surface area contributed by atoms with Gasteiger partial charge in [0.2, 0.25) is 10.0 Å². The van der Waals surface area contributed by atoms with Crippen LogP contribution in [-0.2, 0) is 16.4 Å². The van der Waals surface area contributed by atoms with Gasteiger partial charge in [-0.3, -0.25) is 14.9 Å². The van der Waals surface area contributed by atoms with Crippen molar-refractivity contribution in [2.24, 2.45) is 5.41 Å². The van der Waals surface area contributed by atoms with Crippen molar-refractivity contribution in [2.45, 2.75) is 31.6 Å². The highest BCUT2D eigenvalue weighted by Gasteiger charge is 2.34. The summed E-state index contributed by atoms with van der Waals surface area (Å²) in [4.78, 5) is 30.1. The fourth-order valence-electron chi connectivity index (χ4n) is 3.43. The highest BCUT2D eigenvalue weighted by Crippen LogP contribution is 2.38. The molecule has 7 nitrogen and oxygen atoms in total. The van der Waals surface area contributed by atoms with Crippen molar-refractivity contribution in [3.05, 3.63) is 65.7 Å². The van der Waals surface area contributed by atoms with Crippen LogP contribution in [0.3, 0.4) is 0 Å². The zero-order chi connectivity index (χ0) is 22.8. The number of anilines is 1. The zero-order valence-corrected chi connectivity index (χ0v) is 19.2. The Morgan fingerprint density at radius 1 is 1.19 bits per heavy atom. The molecule has 1 amide bonds. The van der Waals surface area contributed by atoms with Crippen molar-refractivity contribution in [3.8, 4) is 0 Å². The van der Waals surface area contributed by atoms with Gasteiger partial charge in [-0.1, -0.05) is 37.3 Å². The number of ketones is 1. The molecule has 0 unspecified atom stereocenters. The zero-order valence-electron chi connectivity index (χ0n) is 17.6. The largest absolute Gasteiger partial charge is 0.298 e. The molecule has 1 heterocycles. The number of aromatic nitrogens is 1. The molecule has 0 spiro atoms. The minimum Gasteiger partial charge on any atom is -0.298 e. The highest BCUT2D eigenvalue weighted by atomic mass is 32.2. The monoisotopic (exact) mass is 459 g/mol. The fraction of sp³-hybridized carbons (Fsp3) is 0.318. The number of hydrogen-bond donors (Lipinski definition) is 1. The van der Waals surface area contributed by atoms with E-state index in [1.165, 1.54) is 52.1 Å². The number of sulfonamides is 1. The van der Waals surface area contributed by atoms with Gasteiger partial charge in [0.25, 0.3) is 5.91 Å². The molecule has 31 heavy (non-hydrogen) atoms. The summed E-state index contributed by atoms with van der Waals surface area (Å²) in [6, 6.07) is 5.68. The Morgan fingerprint density at radius 3 is 2.39 bits per heavy atom. The second-order valence-electron chi connectivity index (χ2n) is 8.11. The van der Waals surface area contributed by atoms with E-state index in [0.717, 1.165) is 0 Å². The smallest absolute Gasteiger partial charge is 0.257 e. The van der Waals surface area contributed by atoms with E-state index >= 15 is 0 Å². The molecule has 2 aromatic rings. The number of rotatable bonds is 8. The molecule has 1 N–H and O–H groups in total. The second kappa shape index (κ2) is 8.86. The van der Waals surface area contributed by atoms with Crippen molar-refractivity contribution in [2.75, 3.05) is 18.4 Å². The molecule has 9 heteroatoms. The van der Waals surface area contributed by atoms with Crippen molar-refractivity contribution >= 4 is 38.2 Å². The van der Waals surface area contributed by atoms with E-state index in [-0.39, 0.29) is 34.7 Å². The number of amides is 1. The third-order valence-electron chi connectivity index (χ3n) is 4.88. The van der Waals surface area contributed by atoms with E-state index < -0.39 is 15.9 Å². The van der Waals surface area contributed by atoms with Crippen LogP contribution in [0.4, 0.5) is 5.13 Å². The van der Waals surface area contributed by atoms with Crippen molar-refractivity contribution in [1.82, 2.24) is 9.29 Å². The number of hydrogen-bond acceptors (Lipinski definition) is 6. The average Bonchev–Trinajstić information content (AvgIpc) is 3.09. The summed E-state index contributed by atoms with van der Waals surface area (Å²) in [5, 5.41) is 3.08. The molecule has 1 aromatic carbocycles. The molecule has 0 fully saturated rings. The van der Waals surface area contributed by atoms with Crippen LogP contribution < -0.4 is 5.32 Å². The molecule has 0 aliphatic heterocycles. The fourth-order valence-corrected chi connectivity index (χ4v) is 5.73. The summed E-state index contributed by atoms with van der Waals surface area (Å²) in [7, 11) is -3.73. The third-order valence-corrected chi connectivity index (χ3v) is 7.78. The minimum atomic E-state index is -3.73. The summed E-state index contributed by atoms with van der Waals surface area (Å²) in [6.07, 6.45) is 4.14. The standard InChI is InChI=1S/C22H25N3O4S2/c1-5-11-25(12-6-2)31(28,29)16-9-7-15(8-10-16)20(27)24-21-23-17-13-22(3,4)14-18(26)19(17)30-21/h5-10H,1-2,11-14H2,3-4H3,(H,23,24,27). The molecule has 0 saturated heterocycles. The van der Waals surface area contributed by atoms with Gasteiger partial charge >= 0.3 is 0 Å². The molecular weight excluding hydrogens is 434 g/mol. The maximum absolute atomic E-state index is 12.8. The predicted molar refractivity (Wildman–Crippen MR) is 122 cm³/mol. The van der Waals surface area contributed by atoms with Gasteiger partial charge in [0, 0.05) is 25.1 Å². The Balaban J connectivity index is 1.76. The molecule has 3 rings (SSSR count). The lowest BCUT2D eigenvalue weighted by molar-refractivity contribution is 0.0915. The molecular formula is C22H25N3O4S2. The van der Waals surface area contributed by atoms with Crippen LogP contribution in [0.1, 0.15) is 46.0 Å². The Labute approximate surface area is 186 Å². The summed E-state index contributed by atoms with van der Waals surface area (Å²) in [5.41, 5.74) is 0.858. The Morgan fingerprint density at radius 2 is 1.81 bits per heavy atom. The number of fused-ring (bicyclic) bond motifs is 1. The van der Waals surface area contributed by atoms with Crippen molar-refractivity contribution < 1.29 is 18.0 Å². The number of carbonyl (C=O) groups excluding carboxylic acids is 2. The number of Topliss-reactive ketones (excluding diaryl/α,β-unsaturated/α-hetero) is 1. The van der Waals surface area contributed by atoms with E-state index in [1.807, 2.05) is 13.8 Å². The molecule has 0 atom stereocenters. The van der Waals surface area contributed by atoms with Crippen LogP contribution >= 0.6 is 11.3 Å². The molecule has 0 bridgehead atoms. The Hall–Kier alpha value is -2.62. The van der Waals surface area contributed by atoms with Gasteiger partial charge in [-0.15, -0.1) is 13.2 Å². The summed E-state index contributed by atoms with van der Waals surface area (Å²) < 4.78 is 26.8. The van der Waals surface area contributed by atoms with Gasteiger partial charge < -0.3 is 0 Å². The predicted octanol–water partition coefficient (Wildman–Crippen LogP) is 3.91. The number of benzene rings is 1. The molecule has 1 aliphatic rings. The van der Waals surface area contributed by atoms with Crippen LogP contribution in [0.2, 0.25) is 0 Å². The van der Waals surface area contributed by atoms with Gasteiger partial charge in [0.15, 0.2) is 10.9 Å². The van der Waals surface area contributed by atoms with Gasteiger partial charge in [0.05, 0.1) is 15.5 Å². The van der Waals surface area contributed by atoms with Crippen LogP contribution in [0.15, 0.2) is 54.5 Å². The lowest BCUT2D eigenvalue weighted by Crippen LogP contribution is -2.31. The number of carbonyl (C=O) groups is 2. The topological polar surface area (TPSA) is 96.4 Å². The SMILES string of the molecule is C=CCN(CC=C)S(=O)(=O)c1ccc(C(=O)Nc2nc3c(s2)C(=O)CC(C)(C)C3)cc1. The molecule has 0 radical (unpaired) electrons. The van der Waals surface area contributed by atoms with Crippen LogP contribution in [0.25, 0.3) is 0 Å². The first kappa shape index (κ1) is 23.1. The Bertz CT molecular complexity index is 1120. The van der Waals surface area contributed by atoms with E-state index in [1.54, 1.807) is 0 Å². The third kappa shape index (κ3) is 5.00. The second-order valence-corrected chi connectivity index (χ2v) is 11.1. The number of thiazole rings is 1. The first-order valence-electron chi connectivity index (χ1n) is 9.73. The molecule has 0 saturated carbocycles. The summed E-state index contributed by atoms with van der Waals surface area (Å²) in [5.74, 6) is -0.377. The van der Waals surface area contributed by atoms with Crippen LogP contribution in [0, 0.1) is 5.41 Å². The van der Waals surface area contributed by atoms with E-state index in [9.17, 15) is 18.0 Å². The lowest BCUT2D eigenvalue weighted by atomic mass is 9.78. The average molecular weight is 460 g/mol. The van der Waals surface area contributed by atoms with Crippen LogP contribution in [0.5, 0.6) is 0 Å². The molecule has 1 aromatic heterocycles. The number of nitrogens with zero attached hydrogens (tertiary/aromatic N) is 2. The van der Waals surface area contributed by atoms with Gasteiger partial charge in [-0.25, -0.2) is 13.4 Å². The number of nitrogens with one attached hydrogen (secondary N) is 1. The minimum absolute atomic E-state index is 0.0439. The normalized spacial score (nSPS) is 15.4. The first-order valence-corrected chi connectivity index (χ1v) is 12.0. The highest BCUT2D eigenvalue weighted by molar-refractivity contribution is 7.89.